The zero-order valence-corrected chi connectivity index (χ0v) is 18.7. The molecule has 33 heavy (non-hydrogen) atoms. The van der Waals surface area contributed by atoms with E-state index in [1.54, 1.807) is 18.6 Å². The van der Waals surface area contributed by atoms with E-state index in [1.807, 2.05) is 84.9 Å². The number of hydrogen-bond donors (Lipinski definition) is 2. The average Bonchev–Trinajstić information content (AvgIpc) is 2.88. The van der Waals surface area contributed by atoms with Crippen LogP contribution in [0, 0.1) is 0 Å². The Morgan fingerprint density at radius 2 is 1.64 bits per heavy atom. The maximum absolute atomic E-state index is 13.4. The van der Waals surface area contributed by atoms with E-state index >= 15 is 0 Å². The minimum absolute atomic E-state index is 0.0196. The lowest BCUT2D eigenvalue weighted by Crippen LogP contribution is -2.44. The number of nitrogens with one attached hydrogen (secondary N) is 2. The molecule has 0 bridgehead atoms. The Labute approximate surface area is 194 Å². The molecule has 4 aromatic rings. The Morgan fingerprint density at radius 1 is 0.848 bits per heavy atom. The van der Waals surface area contributed by atoms with Crippen LogP contribution in [-0.4, -0.2) is 21.9 Å². The molecule has 5 nitrogen and oxygen atoms in total. The fourth-order valence-electron chi connectivity index (χ4n) is 3.86. The summed E-state index contributed by atoms with van der Waals surface area (Å²) in [6, 6.07) is 27.3. The SMILES string of the molecule is CCC(N[C@@H](Cc1ccccc1)C(=O)Nc1cccc(-c2ccncc2)c1)c1ccccn1. The lowest BCUT2D eigenvalue weighted by molar-refractivity contribution is -0.118. The molecule has 4 rings (SSSR count). The van der Waals surface area contributed by atoms with Crippen LogP contribution in [0.1, 0.15) is 30.6 Å². The van der Waals surface area contributed by atoms with Crippen molar-refractivity contribution in [3.63, 3.8) is 0 Å². The number of rotatable bonds is 9. The van der Waals surface area contributed by atoms with E-state index in [0.717, 1.165) is 34.5 Å². The highest BCUT2D eigenvalue weighted by atomic mass is 16.2. The maximum atomic E-state index is 13.4. The van der Waals surface area contributed by atoms with Gasteiger partial charge in [0.2, 0.25) is 5.91 Å². The second-order valence-corrected chi connectivity index (χ2v) is 7.93. The Morgan fingerprint density at radius 3 is 2.36 bits per heavy atom. The Bertz CT molecular complexity index is 1150. The molecule has 0 fully saturated rings. The quantitative estimate of drug-likeness (QED) is 0.367. The van der Waals surface area contributed by atoms with Crippen LogP contribution in [0.15, 0.2) is 104 Å². The molecule has 0 radical (unpaired) electrons. The highest BCUT2D eigenvalue weighted by Crippen LogP contribution is 2.23. The summed E-state index contributed by atoms with van der Waals surface area (Å²) in [5.41, 5.74) is 4.89. The molecule has 2 heterocycles. The van der Waals surface area contributed by atoms with Gasteiger partial charge < -0.3 is 5.32 Å². The van der Waals surface area contributed by atoms with E-state index in [9.17, 15) is 4.79 Å². The molecule has 2 atom stereocenters. The fraction of sp³-hybridized carbons (Fsp3) is 0.179. The van der Waals surface area contributed by atoms with E-state index in [0.29, 0.717) is 6.42 Å². The van der Waals surface area contributed by atoms with Crippen LogP contribution in [0.25, 0.3) is 11.1 Å². The lowest BCUT2D eigenvalue weighted by atomic mass is 10.0. The number of aromatic nitrogens is 2. The summed E-state index contributed by atoms with van der Waals surface area (Å²) < 4.78 is 0. The molecule has 0 aliphatic heterocycles. The third kappa shape index (κ3) is 6.11. The molecule has 5 heteroatoms. The molecule has 166 valence electrons. The fourth-order valence-corrected chi connectivity index (χ4v) is 3.86. The summed E-state index contributed by atoms with van der Waals surface area (Å²) in [4.78, 5) is 22.0. The highest BCUT2D eigenvalue weighted by Gasteiger charge is 2.23. The van der Waals surface area contributed by atoms with Gasteiger partial charge in [-0.1, -0.05) is 55.5 Å². The van der Waals surface area contributed by atoms with Crippen molar-refractivity contribution in [1.29, 1.82) is 0 Å². The van der Waals surface area contributed by atoms with Crippen molar-refractivity contribution in [1.82, 2.24) is 15.3 Å². The van der Waals surface area contributed by atoms with Crippen LogP contribution < -0.4 is 10.6 Å². The summed E-state index contributed by atoms with van der Waals surface area (Å²) in [6.45, 7) is 2.10. The number of amides is 1. The van der Waals surface area contributed by atoms with E-state index < -0.39 is 6.04 Å². The number of hydrogen-bond acceptors (Lipinski definition) is 4. The van der Waals surface area contributed by atoms with Crippen LogP contribution in [0.4, 0.5) is 5.69 Å². The maximum Gasteiger partial charge on any atom is 0.241 e. The molecule has 2 N–H and O–H groups in total. The van der Waals surface area contributed by atoms with Gasteiger partial charge in [-0.3, -0.25) is 20.1 Å². The number of carbonyl (C=O) groups is 1. The molecule has 1 unspecified atom stereocenters. The van der Waals surface area contributed by atoms with Gasteiger partial charge in [-0.25, -0.2) is 0 Å². The van der Waals surface area contributed by atoms with Gasteiger partial charge in [0.05, 0.1) is 11.7 Å². The summed E-state index contributed by atoms with van der Waals surface area (Å²) in [5, 5.41) is 6.67. The van der Waals surface area contributed by atoms with E-state index in [1.165, 1.54) is 0 Å². The zero-order valence-electron chi connectivity index (χ0n) is 18.7. The number of pyridine rings is 2. The third-order valence-electron chi connectivity index (χ3n) is 5.60. The summed E-state index contributed by atoms with van der Waals surface area (Å²) >= 11 is 0. The number of benzene rings is 2. The first-order chi connectivity index (χ1) is 16.2. The van der Waals surface area contributed by atoms with Gasteiger partial charge in [0.15, 0.2) is 0 Å². The van der Waals surface area contributed by atoms with E-state index in [2.05, 4.69) is 27.5 Å². The molecule has 2 aromatic heterocycles. The zero-order chi connectivity index (χ0) is 22.9. The number of nitrogens with zero attached hydrogens (tertiary/aromatic N) is 2. The Kier molecular flexibility index (Phi) is 7.56. The summed E-state index contributed by atoms with van der Waals surface area (Å²) in [7, 11) is 0. The van der Waals surface area contributed by atoms with Crippen molar-refractivity contribution >= 4 is 11.6 Å². The first-order valence-corrected chi connectivity index (χ1v) is 11.2. The first-order valence-electron chi connectivity index (χ1n) is 11.2. The van der Waals surface area contributed by atoms with E-state index in [4.69, 9.17) is 0 Å². The van der Waals surface area contributed by atoms with Gasteiger partial charge >= 0.3 is 0 Å². The normalized spacial score (nSPS) is 12.6. The van der Waals surface area contributed by atoms with Crippen molar-refractivity contribution in [2.45, 2.75) is 31.8 Å². The molecule has 0 aliphatic carbocycles. The largest absolute Gasteiger partial charge is 0.325 e. The highest BCUT2D eigenvalue weighted by molar-refractivity contribution is 5.95. The average molecular weight is 437 g/mol. The molecule has 0 aliphatic rings. The predicted octanol–water partition coefficient (Wildman–Crippen LogP) is 5.43. The summed E-state index contributed by atoms with van der Waals surface area (Å²) in [5.74, 6) is -0.0693. The van der Waals surface area contributed by atoms with Crippen LogP contribution in [-0.2, 0) is 11.2 Å². The molecule has 0 saturated carbocycles. The van der Waals surface area contributed by atoms with Crippen molar-refractivity contribution in [2.75, 3.05) is 5.32 Å². The minimum Gasteiger partial charge on any atom is -0.325 e. The Hall–Kier alpha value is -3.83. The number of carbonyl (C=O) groups excluding carboxylic acids is 1. The summed E-state index contributed by atoms with van der Waals surface area (Å²) in [6.07, 6.45) is 6.73. The van der Waals surface area contributed by atoms with Crippen LogP contribution >= 0.6 is 0 Å². The first kappa shape index (κ1) is 22.4. The van der Waals surface area contributed by atoms with Crippen LogP contribution in [0.5, 0.6) is 0 Å². The molecule has 0 spiro atoms. The molecule has 2 aromatic carbocycles. The van der Waals surface area contributed by atoms with Gasteiger partial charge in [0, 0.05) is 30.3 Å². The van der Waals surface area contributed by atoms with Crippen LogP contribution in [0.2, 0.25) is 0 Å². The second kappa shape index (κ2) is 11.2. The third-order valence-corrected chi connectivity index (χ3v) is 5.60. The van der Waals surface area contributed by atoms with Crippen molar-refractivity contribution in [3.05, 3.63) is 115 Å². The second-order valence-electron chi connectivity index (χ2n) is 7.93. The van der Waals surface area contributed by atoms with Crippen LogP contribution in [0.3, 0.4) is 0 Å². The van der Waals surface area contributed by atoms with Crippen molar-refractivity contribution in [3.8, 4) is 11.1 Å². The molecule has 0 saturated heterocycles. The van der Waals surface area contributed by atoms with Gasteiger partial charge in [-0.05, 0) is 65.9 Å². The Balaban J connectivity index is 1.55. The van der Waals surface area contributed by atoms with Crippen molar-refractivity contribution in [2.24, 2.45) is 0 Å². The monoisotopic (exact) mass is 436 g/mol. The number of anilines is 1. The lowest BCUT2D eigenvalue weighted by Gasteiger charge is -2.24. The van der Waals surface area contributed by atoms with Crippen molar-refractivity contribution < 1.29 is 4.79 Å². The molecular formula is C28H28N4O. The standard InChI is InChI=1S/C28H28N4O/c1-2-25(26-13-6-7-16-30-26)32-27(19-21-9-4-3-5-10-21)28(33)31-24-12-8-11-23(20-24)22-14-17-29-18-15-22/h3-18,20,25,27,32H,2,19H2,1H3,(H,31,33)/t25?,27-/m0/s1. The smallest absolute Gasteiger partial charge is 0.241 e. The topological polar surface area (TPSA) is 66.9 Å². The molecule has 1 amide bonds. The minimum atomic E-state index is -0.413. The molecular weight excluding hydrogens is 408 g/mol. The van der Waals surface area contributed by atoms with Gasteiger partial charge in [0.25, 0.3) is 0 Å². The van der Waals surface area contributed by atoms with Gasteiger partial charge in [-0.15, -0.1) is 0 Å². The predicted molar refractivity (Wildman–Crippen MR) is 133 cm³/mol. The van der Waals surface area contributed by atoms with Gasteiger partial charge in [0.1, 0.15) is 0 Å². The van der Waals surface area contributed by atoms with Gasteiger partial charge in [-0.2, -0.15) is 0 Å². The van der Waals surface area contributed by atoms with E-state index in [-0.39, 0.29) is 11.9 Å².